The van der Waals surface area contributed by atoms with Gasteiger partial charge < -0.3 is 28.8 Å². The fourth-order valence-electron chi connectivity index (χ4n) is 7.70. The van der Waals surface area contributed by atoms with E-state index < -0.39 is 42.4 Å². The molecule has 1 heterocycles. The second kappa shape index (κ2) is 10.4. The second-order valence-corrected chi connectivity index (χ2v) is 12.5. The molecule has 2 bridgehead atoms. The van der Waals surface area contributed by atoms with Gasteiger partial charge in [-0.1, -0.05) is 87.5 Å². The molecule has 1 spiro atoms. The minimum atomic E-state index is -0.966. The van der Waals surface area contributed by atoms with Crippen LogP contribution in [0, 0.1) is 16.7 Å². The highest BCUT2D eigenvalue weighted by molar-refractivity contribution is 5.20. The summed E-state index contributed by atoms with van der Waals surface area (Å²) < 4.78 is 33.3. The Kier molecular flexibility index (Phi) is 7.24. The Morgan fingerprint density at radius 1 is 0.846 bits per heavy atom. The highest BCUT2D eigenvalue weighted by Gasteiger charge is 2.76. The summed E-state index contributed by atoms with van der Waals surface area (Å²) >= 11 is 0. The minimum Gasteiger partial charge on any atom is -0.387 e. The van der Waals surface area contributed by atoms with E-state index >= 15 is 0 Å². The van der Waals surface area contributed by atoms with Crippen LogP contribution in [0.4, 0.5) is 0 Å². The van der Waals surface area contributed by atoms with Crippen LogP contribution in [0.5, 0.6) is 0 Å². The van der Waals surface area contributed by atoms with Gasteiger partial charge in [0.15, 0.2) is 5.79 Å². The van der Waals surface area contributed by atoms with E-state index in [0.717, 1.165) is 24.0 Å². The molecule has 6 rings (SSSR count). The largest absolute Gasteiger partial charge is 0.387 e. The molecular formula is C33H42O6. The summed E-state index contributed by atoms with van der Waals surface area (Å²) in [7, 11) is 0. The maximum absolute atomic E-state index is 11.8. The van der Waals surface area contributed by atoms with E-state index in [0.29, 0.717) is 25.7 Å². The molecule has 4 aliphatic rings. The van der Waals surface area contributed by atoms with E-state index in [1.807, 2.05) is 60.7 Å². The molecule has 6 heteroatoms. The smallest absolute Gasteiger partial charge is 0.175 e. The molecule has 0 radical (unpaired) electrons. The number of benzene rings is 2. The van der Waals surface area contributed by atoms with Crippen molar-refractivity contribution in [2.45, 2.75) is 95.7 Å². The van der Waals surface area contributed by atoms with Crippen LogP contribution in [0.3, 0.4) is 0 Å². The third-order valence-corrected chi connectivity index (χ3v) is 10.4. The van der Waals surface area contributed by atoms with Crippen LogP contribution < -0.4 is 0 Å². The Morgan fingerprint density at radius 2 is 1.41 bits per heavy atom. The van der Waals surface area contributed by atoms with E-state index in [9.17, 15) is 5.11 Å². The van der Waals surface area contributed by atoms with Gasteiger partial charge in [-0.05, 0) is 35.3 Å². The van der Waals surface area contributed by atoms with Crippen LogP contribution in [0.1, 0.15) is 51.2 Å². The van der Waals surface area contributed by atoms with Gasteiger partial charge in [-0.25, -0.2) is 0 Å². The summed E-state index contributed by atoms with van der Waals surface area (Å²) in [6, 6.07) is 20.0. The maximum atomic E-state index is 11.8. The molecular weight excluding hydrogens is 492 g/mol. The Morgan fingerprint density at radius 3 is 1.92 bits per heavy atom. The van der Waals surface area contributed by atoms with E-state index in [2.05, 4.69) is 27.4 Å². The minimum absolute atomic E-state index is 0.0835. The zero-order valence-corrected chi connectivity index (χ0v) is 23.3. The number of aliphatic hydroxyl groups excluding tert-OH is 1. The summed E-state index contributed by atoms with van der Waals surface area (Å²) in [5.74, 6) is -0.221. The highest BCUT2D eigenvalue weighted by Crippen LogP contribution is 2.73. The average Bonchev–Trinajstić information content (AvgIpc) is 3.48. The van der Waals surface area contributed by atoms with Crippen molar-refractivity contribution in [3.63, 3.8) is 0 Å². The molecule has 210 valence electrons. The lowest BCUT2D eigenvalue weighted by molar-refractivity contribution is -0.258. The average molecular weight is 535 g/mol. The Balaban J connectivity index is 1.33. The van der Waals surface area contributed by atoms with Crippen LogP contribution in [0.15, 0.2) is 73.3 Å². The number of hydrogen-bond acceptors (Lipinski definition) is 6. The third-order valence-electron chi connectivity index (χ3n) is 10.4. The third kappa shape index (κ3) is 4.41. The highest BCUT2D eigenvalue weighted by atomic mass is 16.8. The summed E-state index contributed by atoms with van der Waals surface area (Å²) in [5.41, 5.74) is 1.99. The molecule has 1 N–H and O–H groups in total. The number of fused-ring (bicyclic) bond motifs is 4. The molecule has 0 amide bonds. The summed E-state index contributed by atoms with van der Waals surface area (Å²) in [6.07, 6.45) is 1.08. The van der Waals surface area contributed by atoms with Crippen molar-refractivity contribution >= 4 is 0 Å². The number of ether oxygens (including phenoxy) is 5. The van der Waals surface area contributed by atoms with Crippen LogP contribution in [-0.4, -0.2) is 54.1 Å². The molecule has 6 nitrogen and oxygen atoms in total. The Bertz CT molecular complexity index is 1140. The Hall–Kier alpha value is -2.06. The molecule has 9 atom stereocenters. The molecule has 0 unspecified atom stereocenters. The van der Waals surface area contributed by atoms with Crippen LogP contribution >= 0.6 is 0 Å². The van der Waals surface area contributed by atoms with Gasteiger partial charge in [0.05, 0.1) is 19.8 Å². The van der Waals surface area contributed by atoms with Crippen molar-refractivity contribution < 1.29 is 28.8 Å². The molecule has 2 aromatic rings. The summed E-state index contributed by atoms with van der Waals surface area (Å²) in [4.78, 5) is 0. The normalized spacial score (nSPS) is 40.2. The number of hydrogen-bond donors (Lipinski definition) is 1. The fourth-order valence-corrected chi connectivity index (χ4v) is 7.70. The second-order valence-electron chi connectivity index (χ2n) is 12.5. The van der Waals surface area contributed by atoms with Gasteiger partial charge in [0, 0.05) is 11.8 Å². The van der Waals surface area contributed by atoms with Gasteiger partial charge >= 0.3 is 0 Å². The maximum Gasteiger partial charge on any atom is 0.175 e. The van der Waals surface area contributed by atoms with Gasteiger partial charge in [0.25, 0.3) is 0 Å². The van der Waals surface area contributed by atoms with E-state index in [1.54, 1.807) is 6.08 Å². The van der Waals surface area contributed by atoms with Gasteiger partial charge in [0.2, 0.25) is 0 Å². The lowest BCUT2D eigenvalue weighted by Gasteiger charge is -2.45. The first-order valence-corrected chi connectivity index (χ1v) is 14.4. The first-order valence-electron chi connectivity index (χ1n) is 14.4. The van der Waals surface area contributed by atoms with Crippen molar-refractivity contribution in [3.8, 4) is 0 Å². The summed E-state index contributed by atoms with van der Waals surface area (Å²) in [5, 5.41) is 11.8. The van der Waals surface area contributed by atoms with Gasteiger partial charge in [-0.15, -0.1) is 6.58 Å². The van der Waals surface area contributed by atoms with Gasteiger partial charge in [-0.3, -0.25) is 0 Å². The molecule has 3 saturated carbocycles. The van der Waals surface area contributed by atoms with Crippen molar-refractivity contribution in [1.29, 1.82) is 0 Å². The molecule has 4 fully saturated rings. The predicted octanol–water partition coefficient (Wildman–Crippen LogP) is 5.43. The van der Waals surface area contributed by atoms with Crippen molar-refractivity contribution in [1.82, 2.24) is 0 Å². The van der Waals surface area contributed by atoms with E-state index in [-0.39, 0.29) is 10.8 Å². The monoisotopic (exact) mass is 534 g/mol. The van der Waals surface area contributed by atoms with Crippen LogP contribution in [-0.2, 0) is 36.9 Å². The fraction of sp³-hybridized carbons (Fsp3) is 0.576. The molecule has 3 aliphatic carbocycles. The lowest BCUT2D eigenvalue weighted by Crippen LogP contribution is -2.64. The van der Waals surface area contributed by atoms with Gasteiger partial charge in [0.1, 0.15) is 36.6 Å². The van der Waals surface area contributed by atoms with E-state index in [1.165, 1.54) is 6.42 Å². The number of aliphatic hydroxyl groups is 1. The predicted molar refractivity (Wildman–Crippen MR) is 148 cm³/mol. The topological polar surface area (TPSA) is 66.4 Å². The molecule has 39 heavy (non-hydrogen) atoms. The number of rotatable bonds is 9. The SMILES string of the molecule is C=CCO[C@@H]1[C@H]2O[C@]3(C[C@H]4CC[C@]3(C)C4(C)C)O[C@@H]2[C@H](OCc2ccccc2)[C@H](O)[C@H]1OCc1ccccc1. The van der Waals surface area contributed by atoms with Crippen LogP contribution in [0.2, 0.25) is 0 Å². The Labute approximate surface area is 232 Å². The van der Waals surface area contributed by atoms with Crippen molar-refractivity contribution in [2.24, 2.45) is 16.7 Å². The quantitative estimate of drug-likeness (QED) is 0.433. The molecule has 1 saturated heterocycles. The van der Waals surface area contributed by atoms with Crippen molar-refractivity contribution in [2.75, 3.05) is 6.61 Å². The van der Waals surface area contributed by atoms with Gasteiger partial charge in [-0.2, -0.15) is 0 Å². The summed E-state index contributed by atoms with van der Waals surface area (Å²) in [6.45, 7) is 11.9. The zero-order valence-electron chi connectivity index (χ0n) is 23.3. The molecule has 0 aromatic heterocycles. The van der Waals surface area contributed by atoms with Crippen LogP contribution in [0.25, 0.3) is 0 Å². The zero-order chi connectivity index (χ0) is 27.3. The molecule has 2 aromatic carbocycles. The van der Waals surface area contributed by atoms with Crippen molar-refractivity contribution in [3.05, 3.63) is 84.4 Å². The first-order chi connectivity index (χ1) is 18.8. The molecule has 1 aliphatic heterocycles. The standard InChI is InChI=1S/C33H42O6/c1-5-18-35-28-26(36-20-22-12-8-6-9-13-22)25(34)27(37-21-23-14-10-7-11-15-23)29-30(28)39-33(38-29)19-24-16-17-32(33,4)31(24,2)3/h5-15,24-30,34H,1,16-21H2,2-4H3/t24-,25-,26-,27-,28+,29-,30-,32-,33+/m1/s1. The lowest BCUT2D eigenvalue weighted by atomic mass is 9.68. The first kappa shape index (κ1) is 27.1. The van der Waals surface area contributed by atoms with E-state index in [4.69, 9.17) is 23.7 Å².